The molecule has 1 saturated heterocycles. The Labute approximate surface area is 93.5 Å². The molecule has 0 aromatic heterocycles. The number of amides is 1. The van der Waals surface area contributed by atoms with Crippen LogP contribution in [0.1, 0.15) is 26.7 Å². The van der Waals surface area contributed by atoms with E-state index < -0.39 is 18.1 Å². The lowest BCUT2D eigenvalue weighted by atomic mass is 10.3. The van der Waals surface area contributed by atoms with Gasteiger partial charge in [-0.2, -0.15) is 0 Å². The predicted molar refractivity (Wildman–Crippen MR) is 53.5 cm³/mol. The van der Waals surface area contributed by atoms with Crippen LogP contribution in [0.3, 0.4) is 0 Å². The molecule has 1 amide bonds. The number of rotatable bonds is 5. The molecule has 6 nitrogen and oxygen atoms in total. The molecule has 1 fully saturated rings. The molecule has 1 atom stereocenters. The van der Waals surface area contributed by atoms with Crippen LogP contribution in [0.5, 0.6) is 0 Å². The second-order valence-corrected chi connectivity index (χ2v) is 3.53. The van der Waals surface area contributed by atoms with Gasteiger partial charge < -0.3 is 9.47 Å². The molecule has 0 saturated carbocycles. The molecule has 90 valence electrons. The fourth-order valence-corrected chi connectivity index (χ4v) is 1.33. The standard InChI is InChI=1S/C10H15NO5/c1-3-4-8(12)15-6-5-11-7(2)9(13)16-10(11)14/h7H,3-6H2,1-2H3. The van der Waals surface area contributed by atoms with E-state index in [1.165, 1.54) is 4.90 Å². The monoisotopic (exact) mass is 229 g/mol. The van der Waals surface area contributed by atoms with Crippen molar-refractivity contribution in [3.05, 3.63) is 0 Å². The van der Waals surface area contributed by atoms with Gasteiger partial charge in [0.1, 0.15) is 12.6 Å². The van der Waals surface area contributed by atoms with Gasteiger partial charge in [0.15, 0.2) is 0 Å². The molecule has 0 aromatic rings. The van der Waals surface area contributed by atoms with Crippen molar-refractivity contribution in [2.75, 3.05) is 13.2 Å². The minimum atomic E-state index is -0.677. The molecule has 0 spiro atoms. The summed E-state index contributed by atoms with van der Waals surface area (Å²) < 4.78 is 9.28. The fraction of sp³-hybridized carbons (Fsp3) is 0.700. The number of hydrogen-bond acceptors (Lipinski definition) is 5. The third-order valence-corrected chi connectivity index (χ3v) is 2.28. The van der Waals surface area contributed by atoms with E-state index in [1.54, 1.807) is 6.92 Å². The number of ether oxygens (including phenoxy) is 2. The summed E-state index contributed by atoms with van der Waals surface area (Å²) in [5.41, 5.74) is 0. The Hall–Kier alpha value is -1.59. The fourth-order valence-electron chi connectivity index (χ4n) is 1.33. The van der Waals surface area contributed by atoms with E-state index in [0.29, 0.717) is 6.42 Å². The van der Waals surface area contributed by atoms with Gasteiger partial charge in [-0.25, -0.2) is 9.59 Å². The zero-order valence-corrected chi connectivity index (χ0v) is 9.39. The molecule has 0 aliphatic carbocycles. The molecule has 0 N–H and O–H groups in total. The number of carbonyl (C=O) groups excluding carboxylic acids is 3. The van der Waals surface area contributed by atoms with E-state index in [4.69, 9.17) is 4.74 Å². The zero-order chi connectivity index (χ0) is 12.1. The molecule has 0 radical (unpaired) electrons. The highest BCUT2D eigenvalue weighted by Gasteiger charge is 2.37. The molecule has 1 aliphatic heterocycles. The summed E-state index contributed by atoms with van der Waals surface area (Å²) in [6, 6.07) is -0.600. The van der Waals surface area contributed by atoms with E-state index >= 15 is 0 Å². The summed E-state index contributed by atoms with van der Waals surface area (Å²) in [5, 5.41) is 0. The molecule has 0 bridgehead atoms. The summed E-state index contributed by atoms with van der Waals surface area (Å²) in [7, 11) is 0. The van der Waals surface area contributed by atoms with Gasteiger partial charge in [0.25, 0.3) is 0 Å². The van der Waals surface area contributed by atoms with Crippen LogP contribution in [-0.2, 0) is 19.1 Å². The first kappa shape index (κ1) is 12.5. The summed E-state index contributed by atoms with van der Waals surface area (Å²) in [5.74, 6) is -0.862. The second-order valence-electron chi connectivity index (χ2n) is 3.53. The average molecular weight is 229 g/mol. The van der Waals surface area contributed by atoms with Crippen molar-refractivity contribution in [1.29, 1.82) is 0 Å². The normalized spacial score (nSPS) is 19.9. The van der Waals surface area contributed by atoms with Crippen LogP contribution < -0.4 is 0 Å². The lowest BCUT2D eigenvalue weighted by Gasteiger charge is -2.15. The van der Waals surface area contributed by atoms with Gasteiger partial charge in [-0.3, -0.25) is 9.69 Å². The van der Waals surface area contributed by atoms with Gasteiger partial charge in [0, 0.05) is 6.42 Å². The van der Waals surface area contributed by atoms with E-state index in [0.717, 1.165) is 6.42 Å². The molecule has 1 heterocycles. The van der Waals surface area contributed by atoms with Gasteiger partial charge in [0.2, 0.25) is 0 Å². The molecule has 1 rings (SSSR count). The maximum Gasteiger partial charge on any atom is 0.418 e. The third-order valence-electron chi connectivity index (χ3n) is 2.28. The van der Waals surface area contributed by atoms with Crippen molar-refractivity contribution in [3.63, 3.8) is 0 Å². The minimum Gasteiger partial charge on any atom is -0.464 e. The zero-order valence-electron chi connectivity index (χ0n) is 9.39. The lowest BCUT2D eigenvalue weighted by Crippen LogP contribution is -2.35. The molecule has 1 unspecified atom stereocenters. The molecular formula is C10H15NO5. The lowest BCUT2D eigenvalue weighted by molar-refractivity contribution is -0.144. The van der Waals surface area contributed by atoms with Gasteiger partial charge in [-0.15, -0.1) is 0 Å². The van der Waals surface area contributed by atoms with E-state index in [9.17, 15) is 14.4 Å². The van der Waals surface area contributed by atoms with Crippen LogP contribution in [0.4, 0.5) is 4.79 Å². The Kier molecular flexibility index (Phi) is 4.28. The van der Waals surface area contributed by atoms with Gasteiger partial charge in [-0.1, -0.05) is 6.92 Å². The summed E-state index contributed by atoms with van der Waals surface area (Å²) in [6.45, 7) is 3.72. The van der Waals surface area contributed by atoms with E-state index in [-0.39, 0.29) is 19.1 Å². The van der Waals surface area contributed by atoms with Crippen LogP contribution in [0.25, 0.3) is 0 Å². The molecule has 16 heavy (non-hydrogen) atoms. The van der Waals surface area contributed by atoms with Crippen molar-refractivity contribution in [2.24, 2.45) is 0 Å². The Morgan fingerprint density at radius 1 is 1.50 bits per heavy atom. The number of carbonyl (C=O) groups is 3. The van der Waals surface area contributed by atoms with Crippen LogP contribution in [0, 0.1) is 0 Å². The van der Waals surface area contributed by atoms with Gasteiger partial charge >= 0.3 is 18.0 Å². The first-order chi connectivity index (χ1) is 7.56. The van der Waals surface area contributed by atoms with Crippen molar-refractivity contribution in [1.82, 2.24) is 4.90 Å². The maximum atomic E-state index is 11.1. The van der Waals surface area contributed by atoms with Gasteiger partial charge in [-0.05, 0) is 13.3 Å². The first-order valence-corrected chi connectivity index (χ1v) is 5.24. The maximum absolute atomic E-state index is 11.1. The highest BCUT2D eigenvalue weighted by Crippen LogP contribution is 2.12. The molecular weight excluding hydrogens is 214 g/mol. The topological polar surface area (TPSA) is 72.9 Å². The van der Waals surface area contributed by atoms with Gasteiger partial charge in [0.05, 0.1) is 6.54 Å². The molecule has 6 heteroatoms. The SMILES string of the molecule is CCCC(=O)OCCN1C(=O)OC(=O)C1C. The summed E-state index contributed by atoms with van der Waals surface area (Å²) in [6.07, 6.45) is 0.405. The van der Waals surface area contributed by atoms with Crippen LogP contribution >= 0.6 is 0 Å². The molecule has 0 aromatic carbocycles. The van der Waals surface area contributed by atoms with Crippen molar-refractivity contribution in [2.45, 2.75) is 32.7 Å². The minimum absolute atomic E-state index is 0.0888. The summed E-state index contributed by atoms with van der Waals surface area (Å²) >= 11 is 0. The highest BCUT2D eigenvalue weighted by molar-refractivity contribution is 5.95. The predicted octanol–water partition coefficient (Wildman–Crippen LogP) is 0.697. The van der Waals surface area contributed by atoms with Crippen molar-refractivity contribution in [3.8, 4) is 0 Å². The van der Waals surface area contributed by atoms with Crippen LogP contribution in [0.15, 0.2) is 0 Å². The smallest absolute Gasteiger partial charge is 0.418 e. The summed E-state index contributed by atoms with van der Waals surface area (Å²) in [4.78, 5) is 34.4. The highest BCUT2D eigenvalue weighted by atomic mass is 16.6. The average Bonchev–Trinajstić information content (AvgIpc) is 2.45. The van der Waals surface area contributed by atoms with E-state index in [1.807, 2.05) is 6.92 Å². The number of esters is 2. The Morgan fingerprint density at radius 2 is 2.19 bits per heavy atom. The Balaban J connectivity index is 2.30. The largest absolute Gasteiger partial charge is 0.464 e. The van der Waals surface area contributed by atoms with E-state index in [2.05, 4.69) is 4.74 Å². The first-order valence-electron chi connectivity index (χ1n) is 5.24. The van der Waals surface area contributed by atoms with Crippen molar-refractivity contribution < 1.29 is 23.9 Å². The third kappa shape index (κ3) is 2.95. The number of nitrogens with zero attached hydrogens (tertiary/aromatic N) is 1. The van der Waals surface area contributed by atoms with Crippen LogP contribution in [-0.4, -0.2) is 42.1 Å². The molecule has 1 aliphatic rings. The number of cyclic esters (lactones) is 2. The number of hydrogen-bond donors (Lipinski definition) is 0. The second kappa shape index (κ2) is 5.48. The van der Waals surface area contributed by atoms with Crippen LogP contribution in [0.2, 0.25) is 0 Å². The Bertz CT molecular complexity index is 302. The van der Waals surface area contributed by atoms with Crippen molar-refractivity contribution >= 4 is 18.0 Å². The Morgan fingerprint density at radius 3 is 2.69 bits per heavy atom. The quantitative estimate of drug-likeness (QED) is 0.512.